The van der Waals surface area contributed by atoms with Crippen molar-refractivity contribution in [2.75, 3.05) is 39.6 Å². The Kier molecular flexibility index (Phi) is 59.4. The van der Waals surface area contributed by atoms with Gasteiger partial charge in [0.1, 0.15) is 19.3 Å². The fourth-order valence-corrected chi connectivity index (χ4v) is 12.2. The number of phosphoric ester groups is 2. The zero-order valence-electron chi connectivity index (χ0n) is 58.8. The molecule has 0 aliphatic carbocycles. The first-order valence-electron chi connectivity index (χ1n) is 36.7. The van der Waals surface area contributed by atoms with E-state index in [9.17, 15) is 43.2 Å². The van der Waals surface area contributed by atoms with Crippen molar-refractivity contribution in [3.63, 3.8) is 0 Å². The number of esters is 4. The van der Waals surface area contributed by atoms with E-state index in [0.717, 1.165) is 114 Å². The summed E-state index contributed by atoms with van der Waals surface area (Å²) in [6.07, 6.45) is 43.1. The van der Waals surface area contributed by atoms with Gasteiger partial charge in [-0.05, 0) is 49.4 Å². The summed E-state index contributed by atoms with van der Waals surface area (Å²) in [5.74, 6) is 0.866. The van der Waals surface area contributed by atoms with Crippen LogP contribution in [-0.4, -0.2) is 96.7 Å². The molecule has 90 heavy (non-hydrogen) atoms. The van der Waals surface area contributed by atoms with Crippen molar-refractivity contribution in [1.29, 1.82) is 0 Å². The zero-order chi connectivity index (χ0) is 66.8. The average molecular weight is 1330 g/mol. The second-order valence-electron chi connectivity index (χ2n) is 27.3. The highest BCUT2D eigenvalue weighted by Gasteiger charge is 2.30. The predicted molar refractivity (Wildman–Crippen MR) is 363 cm³/mol. The van der Waals surface area contributed by atoms with Crippen LogP contribution in [0.1, 0.15) is 351 Å². The van der Waals surface area contributed by atoms with Crippen molar-refractivity contribution in [2.24, 2.45) is 23.7 Å². The fourth-order valence-electron chi connectivity index (χ4n) is 10.6. The van der Waals surface area contributed by atoms with E-state index in [0.29, 0.717) is 31.6 Å². The van der Waals surface area contributed by atoms with Crippen molar-refractivity contribution >= 4 is 39.5 Å². The first-order chi connectivity index (χ1) is 43.1. The number of phosphoric acid groups is 2. The summed E-state index contributed by atoms with van der Waals surface area (Å²) >= 11 is 0. The Morgan fingerprint density at radius 3 is 0.789 bits per heavy atom. The second-order valence-corrected chi connectivity index (χ2v) is 30.2. The van der Waals surface area contributed by atoms with E-state index < -0.39 is 97.5 Å². The molecular formula is C71H138O17P2. The third-order valence-corrected chi connectivity index (χ3v) is 18.6. The lowest BCUT2D eigenvalue weighted by Gasteiger charge is -2.21. The number of rotatable bonds is 68. The van der Waals surface area contributed by atoms with E-state index in [2.05, 4.69) is 55.4 Å². The Morgan fingerprint density at radius 2 is 0.533 bits per heavy atom. The van der Waals surface area contributed by atoms with E-state index in [1.54, 1.807) is 0 Å². The van der Waals surface area contributed by atoms with Gasteiger partial charge in [0.05, 0.1) is 26.4 Å². The molecule has 0 saturated heterocycles. The number of carbonyl (C=O) groups is 4. The summed E-state index contributed by atoms with van der Waals surface area (Å²) in [4.78, 5) is 72.6. The molecule has 6 atom stereocenters. The molecule has 0 radical (unpaired) electrons. The number of carbonyl (C=O) groups excluding carboxylic acids is 4. The van der Waals surface area contributed by atoms with Crippen LogP contribution < -0.4 is 0 Å². The first kappa shape index (κ1) is 88.1. The molecule has 19 heteroatoms. The van der Waals surface area contributed by atoms with Crippen LogP contribution in [0.3, 0.4) is 0 Å². The summed E-state index contributed by atoms with van der Waals surface area (Å²) in [5.41, 5.74) is 0. The lowest BCUT2D eigenvalue weighted by atomic mass is 9.99. The van der Waals surface area contributed by atoms with Crippen LogP contribution in [-0.2, 0) is 65.4 Å². The summed E-state index contributed by atoms with van der Waals surface area (Å²) in [6, 6.07) is 0. The lowest BCUT2D eigenvalue weighted by molar-refractivity contribution is -0.161. The van der Waals surface area contributed by atoms with Gasteiger partial charge >= 0.3 is 39.5 Å². The molecule has 17 nitrogen and oxygen atoms in total. The van der Waals surface area contributed by atoms with Crippen molar-refractivity contribution < 1.29 is 80.2 Å². The predicted octanol–water partition coefficient (Wildman–Crippen LogP) is 20.1. The molecule has 0 amide bonds. The minimum Gasteiger partial charge on any atom is -0.462 e. The number of aliphatic hydroxyl groups is 1. The number of aliphatic hydroxyl groups excluding tert-OH is 1. The summed E-state index contributed by atoms with van der Waals surface area (Å²) in [5, 5.41) is 10.6. The van der Waals surface area contributed by atoms with Crippen molar-refractivity contribution in [3.8, 4) is 0 Å². The van der Waals surface area contributed by atoms with Crippen LogP contribution in [0, 0.1) is 23.7 Å². The van der Waals surface area contributed by atoms with Crippen LogP contribution >= 0.6 is 15.6 Å². The molecule has 4 unspecified atom stereocenters. The zero-order valence-corrected chi connectivity index (χ0v) is 60.6. The SMILES string of the molecule is CCC(C)CCCCCCCCCCC(=O)O[C@H](COC(=O)CCCCCCCCCCC(C)C)COP(=O)(O)OCC(O)COP(=O)(O)OC[C@@H](COC(=O)CCCCCCCCCC(C)C)OC(=O)CCCCCCCCCCCCCCCCC(C)C. The Morgan fingerprint density at radius 1 is 0.311 bits per heavy atom. The van der Waals surface area contributed by atoms with E-state index >= 15 is 0 Å². The molecule has 0 aliphatic rings. The van der Waals surface area contributed by atoms with Crippen molar-refractivity contribution in [3.05, 3.63) is 0 Å². The molecular weight excluding hydrogens is 1190 g/mol. The summed E-state index contributed by atoms with van der Waals surface area (Å²) in [6.45, 7) is 14.1. The largest absolute Gasteiger partial charge is 0.472 e. The van der Waals surface area contributed by atoms with Gasteiger partial charge in [0.25, 0.3) is 0 Å². The second kappa shape index (κ2) is 60.7. The molecule has 0 spiro atoms. The molecule has 0 rings (SSSR count). The topological polar surface area (TPSA) is 237 Å². The van der Waals surface area contributed by atoms with Crippen molar-refractivity contribution in [1.82, 2.24) is 0 Å². The number of hydrogen-bond acceptors (Lipinski definition) is 15. The maximum atomic E-state index is 13.0. The maximum absolute atomic E-state index is 13.0. The van der Waals surface area contributed by atoms with Gasteiger partial charge in [0, 0.05) is 25.7 Å². The Hall–Kier alpha value is -1.94. The minimum absolute atomic E-state index is 0.104. The molecule has 0 aromatic heterocycles. The molecule has 0 fully saturated rings. The molecule has 0 aromatic carbocycles. The van der Waals surface area contributed by atoms with Crippen LogP contribution in [0.2, 0.25) is 0 Å². The smallest absolute Gasteiger partial charge is 0.462 e. The van der Waals surface area contributed by atoms with Gasteiger partial charge in [-0.3, -0.25) is 37.3 Å². The molecule has 534 valence electrons. The third-order valence-electron chi connectivity index (χ3n) is 16.7. The molecule has 0 heterocycles. The third kappa shape index (κ3) is 63.5. The van der Waals surface area contributed by atoms with E-state index in [-0.39, 0.29) is 25.7 Å². The summed E-state index contributed by atoms with van der Waals surface area (Å²) < 4.78 is 68.3. The van der Waals surface area contributed by atoms with Gasteiger partial charge in [-0.1, -0.05) is 299 Å². The maximum Gasteiger partial charge on any atom is 0.472 e. The molecule has 0 saturated carbocycles. The van der Waals surface area contributed by atoms with E-state index in [4.69, 9.17) is 37.0 Å². The Balaban J connectivity index is 5.24. The number of hydrogen-bond donors (Lipinski definition) is 3. The Bertz CT molecular complexity index is 1780. The van der Waals surface area contributed by atoms with E-state index in [1.807, 2.05) is 0 Å². The van der Waals surface area contributed by atoms with Crippen LogP contribution in [0.25, 0.3) is 0 Å². The average Bonchev–Trinajstić information content (AvgIpc) is 3.59. The molecule has 3 N–H and O–H groups in total. The quantitative estimate of drug-likeness (QED) is 0.0222. The van der Waals surface area contributed by atoms with Gasteiger partial charge < -0.3 is 33.8 Å². The summed E-state index contributed by atoms with van der Waals surface area (Å²) in [7, 11) is -9.90. The van der Waals surface area contributed by atoms with Crippen molar-refractivity contribution in [2.45, 2.75) is 369 Å². The highest BCUT2D eigenvalue weighted by Crippen LogP contribution is 2.45. The number of unbranched alkanes of at least 4 members (excludes halogenated alkanes) is 33. The highest BCUT2D eigenvalue weighted by molar-refractivity contribution is 7.47. The van der Waals surface area contributed by atoms with E-state index in [1.165, 1.54) is 148 Å². The monoisotopic (exact) mass is 1320 g/mol. The number of ether oxygens (including phenoxy) is 4. The van der Waals surface area contributed by atoms with Gasteiger partial charge in [-0.2, -0.15) is 0 Å². The first-order valence-corrected chi connectivity index (χ1v) is 39.7. The normalized spacial score (nSPS) is 14.6. The van der Waals surface area contributed by atoms with Gasteiger partial charge in [-0.15, -0.1) is 0 Å². The van der Waals surface area contributed by atoms with Gasteiger partial charge in [-0.25, -0.2) is 9.13 Å². The highest BCUT2D eigenvalue weighted by atomic mass is 31.2. The molecule has 0 aliphatic heterocycles. The minimum atomic E-state index is -4.95. The Labute approximate surface area is 549 Å². The van der Waals surface area contributed by atoms with Gasteiger partial charge in [0.15, 0.2) is 12.2 Å². The molecule has 0 bridgehead atoms. The van der Waals surface area contributed by atoms with Crippen LogP contribution in [0.4, 0.5) is 0 Å². The van der Waals surface area contributed by atoms with Crippen LogP contribution in [0.15, 0.2) is 0 Å². The standard InChI is InChI=1S/C71H138O17P2/c1-9-64(8)50-42-34-26-19-21-29-38-46-54-71(76)88-66(57-81-68(73)51-43-35-27-20-18-24-32-40-48-62(4)5)59-85-89(77,78)83-55-65(72)56-84-90(79,80)86-60-67(58-82-69(74)52-44-36-30-22-25-33-41-49-63(6)7)87-70(75)53-45-37-28-17-15-13-11-10-12-14-16-23-31-39-47-61(2)3/h61-67,72H,9-60H2,1-8H3,(H,77,78)(H,79,80)/t64?,65?,66-,67-/m1/s1. The lowest BCUT2D eigenvalue weighted by Crippen LogP contribution is -2.30. The molecule has 0 aromatic rings. The fraction of sp³-hybridized carbons (Fsp3) is 0.944. The van der Waals surface area contributed by atoms with Crippen LogP contribution in [0.5, 0.6) is 0 Å². The van der Waals surface area contributed by atoms with Gasteiger partial charge in [0.2, 0.25) is 0 Å².